The molecule has 1 N–H and O–H groups in total. The minimum Gasteiger partial charge on any atom is -0.497 e. The van der Waals surface area contributed by atoms with Gasteiger partial charge >= 0.3 is 5.97 Å². The van der Waals surface area contributed by atoms with E-state index in [-0.39, 0.29) is 0 Å². The van der Waals surface area contributed by atoms with Crippen molar-refractivity contribution in [3.63, 3.8) is 0 Å². The van der Waals surface area contributed by atoms with Gasteiger partial charge < -0.3 is 14.8 Å². The molecular formula is C15H13ClN2O4. The van der Waals surface area contributed by atoms with Gasteiger partial charge in [-0.25, -0.2) is 9.78 Å². The highest BCUT2D eigenvalue weighted by Gasteiger charge is 2.11. The summed E-state index contributed by atoms with van der Waals surface area (Å²) < 4.78 is 9.94. The van der Waals surface area contributed by atoms with E-state index in [0.29, 0.717) is 22.2 Å². The zero-order valence-electron chi connectivity index (χ0n) is 11.7. The van der Waals surface area contributed by atoms with Crippen molar-refractivity contribution >= 4 is 29.3 Å². The van der Waals surface area contributed by atoms with E-state index in [1.165, 1.54) is 19.4 Å². The number of esters is 1. The molecule has 0 bridgehead atoms. The number of rotatable bonds is 5. The SMILES string of the molecule is COc1cccc(C(=O)OCC(=O)Nc2ccc(Cl)cn2)c1. The molecule has 0 fully saturated rings. The lowest BCUT2D eigenvalue weighted by Gasteiger charge is -2.07. The van der Waals surface area contributed by atoms with Crippen molar-refractivity contribution in [2.75, 3.05) is 19.0 Å². The number of nitrogens with one attached hydrogen (secondary N) is 1. The van der Waals surface area contributed by atoms with Gasteiger partial charge in [0.05, 0.1) is 17.7 Å². The fourth-order valence-corrected chi connectivity index (χ4v) is 1.70. The molecule has 0 saturated carbocycles. The molecule has 1 aromatic heterocycles. The highest BCUT2D eigenvalue weighted by atomic mass is 35.5. The Morgan fingerprint density at radius 3 is 2.77 bits per heavy atom. The van der Waals surface area contributed by atoms with Crippen LogP contribution in [0.5, 0.6) is 5.75 Å². The molecule has 0 atom stereocenters. The summed E-state index contributed by atoms with van der Waals surface area (Å²) in [6.45, 7) is -0.416. The van der Waals surface area contributed by atoms with Crippen molar-refractivity contribution in [2.24, 2.45) is 0 Å². The second-order valence-corrected chi connectivity index (χ2v) is 4.65. The van der Waals surface area contributed by atoms with Crippen LogP contribution in [0, 0.1) is 0 Å². The number of amides is 1. The number of nitrogens with zero attached hydrogens (tertiary/aromatic N) is 1. The molecule has 22 heavy (non-hydrogen) atoms. The zero-order chi connectivity index (χ0) is 15.9. The number of aromatic nitrogens is 1. The van der Waals surface area contributed by atoms with Gasteiger partial charge in [0.2, 0.25) is 0 Å². The van der Waals surface area contributed by atoms with E-state index < -0.39 is 18.5 Å². The van der Waals surface area contributed by atoms with Crippen LogP contribution in [0.4, 0.5) is 5.82 Å². The van der Waals surface area contributed by atoms with E-state index in [0.717, 1.165) is 0 Å². The first kappa shape index (κ1) is 15.8. The largest absolute Gasteiger partial charge is 0.497 e. The third-order valence-corrected chi connectivity index (χ3v) is 2.86. The summed E-state index contributed by atoms with van der Waals surface area (Å²) in [6, 6.07) is 9.60. The first-order chi connectivity index (χ1) is 10.6. The van der Waals surface area contributed by atoms with E-state index in [9.17, 15) is 9.59 Å². The maximum Gasteiger partial charge on any atom is 0.338 e. The summed E-state index contributed by atoms with van der Waals surface area (Å²) >= 11 is 5.69. The van der Waals surface area contributed by atoms with E-state index in [1.807, 2.05) is 0 Å². The first-order valence-corrected chi connectivity index (χ1v) is 6.69. The number of hydrogen-bond acceptors (Lipinski definition) is 5. The molecular weight excluding hydrogens is 308 g/mol. The predicted octanol–water partition coefficient (Wildman–Crippen LogP) is 2.54. The fraction of sp³-hybridized carbons (Fsp3) is 0.133. The van der Waals surface area contributed by atoms with Gasteiger partial charge in [-0.15, -0.1) is 0 Å². The monoisotopic (exact) mass is 320 g/mol. The fourth-order valence-electron chi connectivity index (χ4n) is 1.59. The molecule has 1 aromatic carbocycles. The van der Waals surface area contributed by atoms with E-state index in [2.05, 4.69) is 10.3 Å². The molecule has 2 rings (SSSR count). The smallest absolute Gasteiger partial charge is 0.338 e. The number of carbonyl (C=O) groups is 2. The Bertz CT molecular complexity index is 673. The van der Waals surface area contributed by atoms with Gasteiger partial charge in [0.1, 0.15) is 11.6 Å². The molecule has 1 heterocycles. The van der Waals surface area contributed by atoms with E-state index >= 15 is 0 Å². The van der Waals surface area contributed by atoms with Crippen molar-refractivity contribution < 1.29 is 19.1 Å². The summed E-state index contributed by atoms with van der Waals surface area (Å²) in [7, 11) is 1.50. The molecule has 7 heteroatoms. The van der Waals surface area contributed by atoms with Gasteiger partial charge in [-0.1, -0.05) is 17.7 Å². The third-order valence-electron chi connectivity index (χ3n) is 2.63. The summed E-state index contributed by atoms with van der Waals surface area (Å²) in [4.78, 5) is 27.4. The van der Waals surface area contributed by atoms with Gasteiger partial charge in [0.25, 0.3) is 5.91 Å². The lowest BCUT2D eigenvalue weighted by molar-refractivity contribution is -0.119. The van der Waals surface area contributed by atoms with E-state index in [1.54, 1.807) is 30.3 Å². The maximum absolute atomic E-state index is 11.8. The van der Waals surface area contributed by atoms with Crippen LogP contribution >= 0.6 is 11.6 Å². The van der Waals surface area contributed by atoms with Crippen LogP contribution in [0.15, 0.2) is 42.6 Å². The van der Waals surface area contributed by atoms with Gasteiger partial charge in [-0.3, -0.25) is 4.79 Å². The van der Waals surface area contributed by atoms with Crippen molar-refractivity contribution in [2.45, 2.75) is 0 Å². The minimum absolute atomic E-state index is 0.303. The van der Waals surface area contributed by atoms with Crippen LogP contribution in [-0.2, 0) is 9.53 Å². The number of anilines is 1. The van der Waals surface area contributed by atoms with Crippen LogP contribution in [0.2, 0.25) is 5.02 Å². The number of ether oxygens (including phenoxy) is 2. The zero-order valence-corrected chi connectivity index (χ0v) is 12.5. The summed E-state index contributed by atoms with van der Waals surface area (Å²) in [6.07, 6.45) is 1.40. The molecule has 0 aliphatic rings. The normalized spacial score (nSPS) is 9.91. The molecule has 6 nitrogen and oxygen atoms in total. The molecule has 2 aromatic rings. The molecule has 0 radical (unpaired) electrons. The molecule has 0 aliphatic carbocycles. The summed E-state index contributed by atoms with van der Waals surface area (Å²) in [5, 5.41) is 2.95. The predicted molar refractivity (Wildman–Crippen MR) is 81.2 cm³/mol. The quantitative estimate of drug-likeness (QED) is 0.857. The molecule has 0 spiro atoms. The van der Waals surface area contributed by atoms with Gasteiger partial charge in [0, 0.05) is 6.20 Å². The van der Waals surface area contributed by atoms with Gasteiger partial charge in [0.15, 0.2) is 6.61 Å². The second-order valence-electron chi connectivity index (χ2n) is 4.22. The number of carbonyl (C=O) groups excluding carboxylic acids is 2. The van der Waals surface area contributed by atoms with Crippen molar-refractivity contribution in [1.82, 2.24) is 4.98 Å². The van der Waals surface area contributed by atoms with Crippen molar-refractivity contribution in [3.05, 3.63) is 53.2 Å². The highest BCUT2D eigenvalue weighted by Crippen LogP contribution is 2.13. The van der Waals surface area contributed by atoms with Gasteiger partial charge in [-0.2, -0.15) is 0 Å². The Morgan fingerprint density at radius 2 is 2.09 bits per heavy atom. The highest BCUT2D eigenvalue weighted by molar-refractivity contribution is 6.30. The average molecular weight is 321 g/mol. The number of benzene rings is 1. The number of halogens is 1. The molecule has 0 aliphatic heterocycles. The lowest BCUT2D eigenvalue weighted by Crippen LogP contribution is -2.21. The van der Waals surface area contributed by atoms with Crippen LogP contribution in [0.3, 0.4) is 0 Å². The summed E-state index contributed by atoms with van der Waals surface area (Å²) in [5.74, 6) is -0.250. The van der Waals surface area contributed by atoms with Gasteiger partial charge in [-0.05, 0) is 30.3 Å². The summed E-state index contributed by atoms with van der Waals surface area (Å²) in [5.41, 5.74) is 0.303. The van der Waals surface area contributed by atoms with Crippen molar-refractivity contribution in [1.29, 1.82) is 0 Å². The Labute approximate surface area is 132 Å². The molecule has 0 saturated heterocycles. The lowest BCUT2D eigenvalue weighted by atomic mass is 10.2. The standard InChI is InChI=1S/C15H13ClN2O4/c1-21-12-4-2-3-10(7-12)15(20)22-9-14(19)18-13-6-5-11(16)8-17-13/h2-8H,9H2,1H3,(H,17,18,19). The van der Waals surface area contributed by atoms with Crippen LogP contribution < -0.4 is 10.1 Å². The van der Waals surface area contributed by atoms with Crippen LogP contribution in [0.1, 0.15) is 10.4 Å². The Balaban J connectivity index is 1.87. The molecule has 0 unspecified atom stereocenters. The maximum atomic E-state index is 11.8. The molecule has 1 amide bonds. The third kappa shape index (κ3) is 4.46. The first-order valence-electron chi connectivity index (χ1n) is 6.31. The average Bonchev–Trinajstić information content (AvgIpc) is 2.55. The second kappa shape index (κ2) is 7.42. The number of hydrogen-bond donors (Lipinski definition) is 1. The van der Waals surface area contributed by atoms with E-state index in [4.69, 9.17) is 21.1 Å². The minimum atomic E-state index is -0.613. The number of pyridine rings is 1. The molecule has 114 valence electrons. The van der Waals surface area contributed by atoms with Crippen LogP contribution in [-0.4, -0.2) is 30.6 Å². The Kier molecular flexibility index (Phi) is 5.32. The number of methoxy groups -OCH3 is 1. The Hall–Kier alpha value is -2.60. The Morgan fingerprint density at radius 1 is 1.27 bits per heavy atom. The van der Waals surface area contributed by atoms with Crippen molar-refractivity contribution in [3.8, 4) is 5.75 Å². The topological polar surface area (TPSA) is 77.5 Å². The van der Waals surface area contributed by atoms with Crippen LogP contribution in [0.25, 0.3) is 0 Å².